The topological polar surface area (TPSA) is 27.1 Å². The van der Waals surface area contributed by atoms with E-state index in [1.807, 2.05) is 6.07 Å². The van der Waals surface area contributed by atoms with E-state index in [2.05, 4.69) is 66.7 Å². The second-order valence-corrected chi connectivity index (χ2v) is 5.77. The predicted octanol–water partition coefficient (Wildman–Crippen LogP) is 4.43. The summed E-state index contributed by atoms with van der Waals surface area (Å²) < 4.78 is 8.20. The van der Waals surface area contributed by atoms with Crippen LogP contribution >= 0.6 is 0 Å². The smallest absolute Gasteiger partial charge is 0.122 e. The molecule has 0 spiro atoms. The van der Waals surface area contributed by atoms with Gasteiger partial charge in [-0.25, -0.2) is 4.98 Å². The van der Waals surface area contributed by atoms with Gasteiger partial charge in [0.2, 0.25) is 0 Å². The number of nitrogens with zero attached hydrogens (tertiary/aromatic N) is 2. The van der Waals surface area contributed by atoms with Crippen LogP contribution in [0, 0.1) is 20.8 Å². The van der Waals surface area contributed by atoms with Crippen LogP contribution in [0.5, 0.6) is 5.75 Å². The number of aromatic nitrogens is 2. The van der Waals surface area contributed by atoms with Gasteiger partial charge in [-0.3, -0.25) is 0 Å². The Morgan fingerprint density at radius 2 is 1.86 bits per heavy atom. The molecule has 0 fully saturated rings. The van der Waals surface area contributed by atoms with Gasteiger partial charge in [0.25, 0.3) is 0 Å². The van der Waals surface area contributed by atoms with E-state index in [4.69, 9.17) is 4.74 Å². The van der Waals surface area contributed by atoms with Gasteiger partial charge in [0, 0.05) is 6.54 Å². The third kappa shape index (κ3) is 2.98. The second kappa shape index (κ2) is 6.22. The van der Waals surface area contributed by atoms with Crippen molar-refractivity contribution in [2.24, 2.45) is 0 Å². The van der Waals surface area contributed by atoms with Crippen molar-refractivity contribution < 1.29 is 4.74 Å². The van der Waals surface area contributed by atoms with Gasteiger partial charge in [-0.1, -0.05) is 24.3 Å². The van der Waals surface area contributed by atoms with Crippen LogP contribution in [0.3, 0.4) is 0 Å². The highest BCUT2D eigenvalue weighted by Crippen LogP contribution is 2.20. The fraction of sp³-hybridized carbons (Fsp3) is 0.316. The molecule has 0 amide bonds. The van der Waals surface area contributed by atoms with Gasteiger partial charge in [0.05, 0.1) is 17.6 Å². The van der Waals surface area contributed by atoms with Gasteiger partial charge in [-0.15, -0.1) is 0 Å². The fourth-order valence-corrected chi connectivity index (χ4v) is 2.75. The summed E-state index contributed by atoms with van der Waals surface area (Å²) in [7, 11) is 0. The summed E-state index contributed by atoms with van der Waals surface area (Å²) in [4.78, 5) is 4.60. The van der Waals surface area contributed by atoms with Crippen LogP contribution in [0.2, 0.25) is 0 Å². The zero-order valence-electron chi connectivity index (χ0n) is 13.5. The van der Waals surface area contributed by atoms with Crippen molar-refractivity contribution in [1.82, 2.24) is 9.55 Å². The molecule has 0 aliphatic rings. The molecule has 0 bridgehead atoms. The number of imidazole rings is 1. The first-order chi connectivity index (χ1) is 10.6. The van der Waals surface area contributed by atoms with E-state index >= 15 is 0 Å². The van der Waals surface area contributed by atoms with Crippen LogP contribution in [0.25, 0.3) is 11.0 Å². The van der Waals surface area contributed by atoms with Gasteiger partial charge in [-0.2, -0.15) is 0 Å². The summed E-state index contributed by atoms with van der Waals surface area (Å²) in [5.41, 5.74) is 4.69. The molecule has 0 saturated heterocycles. The first-order valence-corrected chi connectivity index (χ1v) is 7.77. The number of hydrogen-bond acceptors (Lipinski definition) is 2. The lowest BCUT2D eigenvalue weighted by atomic mass is 10.1. The van der Waals surface area contributed by atoms with E-state index in [-0.39, 0.29) is 0 Å². The maximum absolute atomic E-state index is 5.93. The van der Waals surface area contributed by atoms with Gasteiger partial charge < -0.3 is 9.30 Å². The lowest BCUT2D eigenvalue weighted by Crippen LogP contribution is -2.06. The summed E-state index contributed by atoms with van der Waals surface area (Å²) >= 11 is 0. The minimum absolute atomic E-state index is 0.718. The first-order valence-electron chi connectivity index (χ1n) is 7.77. The molecule has 3 nitrogen and oxygen atoms in total. The molecule has 0 radical (unpaired) electrons. The highest BCUT2D eigenvalue weighted by Gasteiger charge is 2.06. The minimum Gasteiger partial charge on any atom is -0.493 e. The van der Waals surface area contributed by atoms with Gasteiger partial charge in [-0.05, 0) is 56.5 Å². The van der Waals surface area contributed by atoms with Gasteiger partial charge in [0.1, 0.15) is 11.6 Å². The molecular weight excluding hydrogens is 272 g/mol. The molecule has 0 unspecified atom stereocenters. The van der Waals surface area contributed by atoms with Crippen LogP contribution in [0.15, 0.2) is 42.5 Å². The van der Waals surface area contributed by atoms with Crippen molar-refractivity contribution in [1.29, 1.82) is 0 Å². The van der Waals surface area contributed by atoms with Crippen molar-refractivity contribution in [3.63, 3.8) is 0 Å². The number of fused-ring (bicyclic) bond motifs is 1. The Morgan fingerprint density at radius 3 is 2.73 bits per heavy atom. The summed E-state index contributed by atoms with van der Waals surface area (Å²) in [6.07, 6.45) is 0.967. The highest BCUT2D eigenvalue weighted by atomic mass is 16.5. The highest BCUT2D eigenvalue weighted by molar-refractivity contribution is 5.75. The zero-order valence-corrected chi connectivity index (χ0v) is 13.5. The Balaban J connectivity index is 1.63. The maximum Gasteiger partial charge on any atom is 0.122 e. The van der Waals surface area contributed by atoms with Crippen LogP contribution in [0.1, 0.15) is 23.4 Å². The van der Waals surface area contributed by atoms with E-state index in [1.54, 1.807) is 0 Å². The van der Waals surface area contributed by atoms with Crippen molar-refractivity contribution >= 4 is 11.0 Å². The van der Waals surface area contributed by atoms with Gasteiger partial charge >= 0.3 is 0 Å². The molecule has 1 aromatic heterocycles. The Bertz CT molecular complexity index is 789. The molecule has 114 valence electrons. The zero-order chi connectivity index (χ0) is 15.5. The quantitative estimate of drug-likeness (QED) is 0.651. The Labute approximate surface area is 131 Å². The lowest BCUT2D eigenvalue weighted by Gasteiger charge is -2.11. The number of para-hydroxylation sites is 2. The molecule has 0 N–H and O–H groups in total. The molecule has 3 heteroatoms. The van der Waals surface area contributed by atoms with Crippen LogP contribution in [-0.2, 0) is 6.54 Å². The fourth-order valence-electron chi connectivity index (χ4n) is 2.75. The average Bonchev–Trinajstić information content (AvgIpc) is 2.83. The lowest BCUT2D eigenvalue weighted by molar-refractivity contribution is 0.300. The molecule has 3 aromatic rings. The summed E-state index contributed by atoms with van der Waals surface area (Å²) in [5.74, 6) is 2.06. The number of aryl methyl sites for hydroxylation is 4. The van der Waals surface area contributed by atoms with E-state index in [0.29, 0.717) is 0 Å². The average molecular weight is 294 g/mol. The van der Waals surface area contributed by atoms with Crippen molar-refractivity contribution in [2.75, 3.05) is 6.61 Å². The van der Waals surface area contributed by atoms with Crippen LogP contribution in [-0.4, -0.2) is 16.2 Å². The van der Waals surface area contributed by atoms with E-state index in [9.17, 15) is 0 Å². The number of rotatable bonds is 5. The molecule has 0 saturated carbocycles. The molecule has 0 aliphatic carbocycles. The molecule has 2 aromatic carbocycles. The summed E-state index contributed by atoms with van der Waals surface area (Å²) in [6.45, 7) is 7.88. The summed E-state index contributed by atoms with van der Waals surface area (Å²) in [5, 5.41) is 0. The predicted molar refractivity (Wildman–Crippen MR) is 90.5 cm³/mol. The van der Waals surface area contributed by atoms with E-state index in [1.165, 1.54) is 16.6 Å². The Morgan fingerprint density at radius 1 is 1.05 bits per heavy atom. The molecular formula is C19H22N2O. The van der Waals surface area contributed by atoms with Crippen molar-refractivity contribution in [2.45, 2.75) is 33.7 Å². The Hall–Kier alpha value is -2.29. The SMILES string of the molecule is Cc1ccc(C)c(OCCCn2c(C)nc3ccccc32)c1. The molecule has 1 heterocycles. The second-order valence-electron chi connectivity index (χ2n) is 5.77. The van der Waals surface area contributed by atoms with Crippen molar-refractivity contribution in [3.8, 4) is 5.75 Å². The van der Waals surface area contributed by atoms with Crippen LogP contribution < -0.4 is 4.74 Å². The molecule has 0 aliphatic heterocycles. The Kier molecular flexibility index (Phi) is 4.14. The molecule has 22 heavy (non-hydrogen) atoms. The third-order valence-corrected chi connectivity index (χ3v) is 3.97. The van der Waals surface area contributed by atoms with Gasteiger partial charge in [0.15, 0.2) is 0 Å². The minimum atomic E-state index is 0.718. The molecule has 3 rings (SSSR count). The standard InChI is InChI=1S/C19H22N2O/c1-14-9-10-15(2)19(13-14)22-12-6-11-21-16(3)20-17-7-4-5-8-18(17)21/h4-5,7-10,13H,6,11-12H2,1-3H3. The largest absolute Gasteiger partial charge is 0.493 e. The van der Waals surface area contributed by atoms with Crippen LogP contribution in [0.4, 0.5) is 0 Å². The molecule has 0 atom stereocenters. The first kappa shape index (κ1) is 14.6. The number of benzene rings is 2. The number of ether oxygens (including phenoxy) is 1. The number of hydrogen-bond donors (Lipinski definition) is 0. The summed E-state index contributed by atoms with van der Waals surface area (Å²) in [6, 6.07) is 14.6. The van der Waals surface area contributed by atoms with E-state index < -0.39 is 0 Å². The normalized spacial score (nSPS) is 11.0. The van der Waals surface area contributed by atoms with Crippen molar-refractivity contribution in [3.05, 3.63) is 59.4 Å². The third-order valence-electron chi connectivity index (χ3n) is 3.97. The van der Waals surface area contributed by atoms with E-state index in [0.717, 1.165) is 36.7 Å². The monoisotopic (exact) mass is 294 g/mol. The maximum atomic E-state index is 5.93.